The van der Waals surface area contributed by atoms with Crippen LogP contribution in [0.3, 0.4) is 0 Å². The van der Waals surface area contributed by atoms with E-state index in [0.717, 1.165) is 17.2 Å². The van der Waals surface area contributed by atoms with Gasteiger partial charge in [-0.1, -0.05) is 31.9 Å². The average molecular weight is 353 g/mol. The third-order valence-electron chi connectivity index (χ3n) is 5.02. The summed E-state index contributed by atoms with van der Waals surface area (Å²) in [5, 5.41) is 3.31. The highest BCUT2D eigenvalue weighted by Crippen LogP contribution is 2.28. The number of aromatic nitrogens is 1. The number of carbonyl (C=O) groups excluding carboxylic acids is 1. The van der Waals surface area contributed by atoms with Crippen molar-refractivity contribution in [1.82, 2.24) is 10.5 Å². The first-order valence-electron chi connectivity index (χ1n) is 9.36. The van der Waals surface area contributed by atoms with Gasteiger partial charge in [0.1, 0.15) is 0 Å². The predicted octanol–water partition coefficient (Wildman–Crippen LogP) is 4.18. The van der Waals surface area contributed by atoms with Crippen molar-refractivity contribution in [2.45, 2.75) is 39.2 Å². The van der Waals surface area contributed by atoms with Gasteiger partial charge in [-0.2, -0.15) is 0 Å². The SMILES string of the molecule is CC1CCC(CONC(=O)c2ccccc2NCc2ccncc2)CC1. The Hall–Kier alpha value is -2.40. The van der Waals surface area contributed by atoms with Gasteiger partial charge >= 0.3 is 0 Å². The van der Waals surface area contributed by atoms with Gasteiger partial charge in [-0.15, -0.1) is 0 Å². The maximum atomic E-state index is 12.5. The largest absolute Gasteiger partial charge is 0.380 e. The van der Waals surface area contributed by atoms with Crippen molar-refractivity contribution in [3.05, 3.63) is 59.9 Å². The van der Waals surface area contributed by atoms with Crippen LogP contribution in [0, 0.1) is 11.8 Å². The molecule has 0 bridgehead atoms. The number of hydroxylamine groups is 1. The van der Waals surface area contributed by atoms with Crippen LogP contribution in [0.25, 0.3) is 0 Å². The maximum absolute atomic E-state index is 12.5. The minimum Gasteiger partial charge on any atom is -0.380 e. The van der Waals surface area contributed by atoms with E-state index in [4.69, 9.17) is 4.84 Å². The van der Waals surface area contributed by atoms with Crippen molar-refractivity contribution >= 4 is 11.6 Å². The van der Waals surface area contributed by atoms with Gasteiger partial charge < -0.3 is 5.32 Å². The molecule has 0 atom stereocenters. The molecule has 1 heterocycles. The lowest BCUT2D eigenvalue weighted by Crippen LogP contribution is -2.28. The fraction of sp³-hybridized carbons (Fsp3) is 0.429. The van der Waals surface area contributed by atoms with Gasteiger partial charge in [-0.05, 0) is 54.5 Å². The van der Waals surface area contributed by atoms with Crippen molar-refractivity contribution in [1.29, 1.82) is 0 Å². The Labute approximate surface area is 155 Å². The highest BCUT2D eigenvalue weighted by atomic mass is 16.6. The van der Waals surface area contributed by atoms with Crippen molar-refractivity contribution in [3.8, 4) is 0 Å². The molecule has 1 aliphatic carbocycles. The molecule has 5 nitrogen and oxygen atoms in total. The molecule has 1 saturated carbocycles. The Balaban J connectivity index is 1.50. The monoisotopic (exact) mass is 353 g/mol. The van der Waals surface area contributed by atoms with Crippen LogP contribution in [-0.2, 0) is 11.4 Å². The molecular weight excluding hydrogens is 326 g/mol. The summed E-state index contributed by atoms with van der Waals surface area (Å²) in [4.78, 5) is 22.0. The van der Waals surface area contributed by atoms with Crippen molar-refractivity contribution in [2.24, 2.45) is 11.8 Å². The highest BCUT2D eigenvalue weighted by Gasteiger charge is 2.19. The summed E-state index contributed by atoms with van der Waals surface area (Å²) in [7, 11) is 0. The minimum absolute atomic E-state index is 0.216. The minimum atomic E-state index is -0.216. The zero-order valence-corrected chi connectivity index (χ0v) is 15.3. The van der Waals surface area contributed by atoms with Gasteiger partial charge in [-0.3, -0.25) is 14.6 Å². The van der Waals surface area contributed by atoms with E-state index in [-0.39, 0.29) is 5.91 Å². The zero-order valence-electron chi connectivity index (χ0n) is 15.3. The quantitative estimate of drug-likeness (QED) is 0.733. The molecule has 2 aromatic rings. The first-order valence-corrected chi connectivity index (χ1v) is 9.36. The Kier molecular flexibility index (Phi) is 6.61. The van der Waals surface area contributed by atoms with E-state index in [0.29, 0.717) is 24.6 Å². The van der Waals surface area contributed by atoms with Gasteiger partial charge in [0, 0.05) is 24.6 Å². The summed E-state index contributed by atoms with van der Waals surface area (Å²) < 4.78 is 0. The number of carbonyl (C=O) groups is 1. The lowest BCUT2D eigenvalue weighted by atomic mass is 9.83. The van der Waals surface area contributed by atoms with Crippen LogP contribution in [0.15, 0.2) is 48.8 Å². The molecule has 1 amide bonds. The summed E-state index contributed by atoms with van der Waals surface area (Å²) >= 11 is 0. The zero-order chi connectivity index (χ0) is 18.2. The Morgan fingerprint density at radius 2 is 1.85 bits per heavy atom. The van der Waals surface area contributed by atoms with Crippen LogP contribution in [0.5, 0.6) is 0 Å². The first kappa shape index (κ1) is 18.4. The second-order valence-electron chi connectivity index (χ2n) is 7.12. The molecule has 1 aromatic carbocycles. The Bertz CT molecular complexity index is 697. The number of benzene rings is 1. The standard InChI is InChI=1S/C21H27N3O2/c1-16-6-8-18(9-7-16)15-26-24-21(25)19-4-2-3-5-20(19)23-14-17-10-12-22-13-11-17/h2-5,10-13,16,18,23H,6-9,14-15H2,1H3,(H,24,25). The number of nitrogens with zero attached hydrogens (tertiary/aromatic N) is 1. The normalized spacial score (nSPS) is 19.7. The molecule has 0 saturated heterocycles. The molecule has 138 valence electrons. The molecular formula is C21H27N3O2. The molecule has 0 unspecified atom stereocenters. The summed E-state index contributed by atoms with van der Waals surface area (Å²) in [6.07, 6.45) is 8.39. The Morgan fingerprint density at radius 3 is 2.62 bits per heavy atom. The number of rotatable bonds is 7. The van der Waals surface area contributed by atoms with Crippen LogP contribution in [0.2, 0.25) is 0 Å². The van der Waals surface area contributed by atoms with Crippen molar-refractivity contribution < 1.29 is 9.63 Å². The number of anilines is 1. The third kappa shape index (κ3) is 5.30. The van der Waals surface area contributed by atoms with Crippen LogP contribution in [0.4, 0.5) is 5.69 Å². The van der Waals surface area contributed by atoms with Crippen LogP contribution in [0.1, 0.15) is 48.5 Å². The highest BCUT2D eigenvalue weighted by molar-refractivity contribution is 5.98. The smallest absolute Gasteiger partial charge is 0.276 e. The van der Waals surface area contributed by atoms with Gasteiger partial charge in [0.15, 0.2) is 0 Å². The Morgan fingerprint density at radius 1 is 1.12 bits per heavy atom. The van der Waals surface area contributed by atoms with Crippen LogP contribution >= 0.6 is 0 Å². The first-order chi connectivity index (χ1) is 12.7. The number of hydrogen-bond acceptors (Lipinski definition) is 4. The molecule has 0 aliphatic heterocycles. The third-order valence-corrected chi connectivity index (χ3v) is 5.02. The van der Waals surface area contributed by atoms with Gasteiger partial charge in [0.05, 0.1) is 12.2 Å². The summed E-state index contributed by atoms with van der Waals surface area (Å²) in [5.41, 5.74) is 5.09. The van der Waals surface area contributed by atoms with E-state index in [9.17, 15) is 4.79 Å². The number of para-hydroxylation sites is 1. The van der Waals surface area contributed by atoms with E-state index in [1.807, 2.05) is 30.3 Å². The lowest BCUT2D eigenvalue weighted by Gasteiger charge is -2.25. The second kappa shape index (κ2) is 9.34. The van der Waals surface area contributed by atoms with Gasteiger partial charge in [0.2, 0.25) is 0 Å². The number of hydrogen-bond donors (Lipinski definition) is 2. The number of amides is 1. The van der Waals surface area contributed by atoms with E-state index < -0.39 is 0 Å². The molecule has 0 radical (unpaired) electrons. The van der Waals surface area contributed by atoms with Crippen LogP contribution < -0.4 is 10.8 Å². The van der Waals surface area contributed by atoms with Crippen molar-refractivity contribution in [3.63, 3.8) is 0 Å². The lowest BCUT2D eigenvalue weighted by molar-refractivity contribution is 0.00849. The molecule has 5 heteroatoms. The predicted molar refractivity (Wildman–Crippen MR) is 103 cm³/mol. The molecule has 26 heavy (non-hydrogen) atoms. The summed E-state index contributed by atoms with van der Waals surface area (Å²) in [6, 6.07) is 11.4. The molecule has 1 aliphatic rings. The maximum Gasteiger partial charge on any atom is 0.276 e. The van der Waals surface area contributed by atoms with Gasteiger partial charge in [0.25, 0.3) is 5.91 Å². The molecule has 1 aromatic heterocycles. The second-order valence-corrected chi connectivity index (χ2v) is 7.12. The van der Waals surface area contributed by atoms with E-state index in [1.54, 1.807) is 18.5 Å². The topological polar surface area (TPSA) is 63.2 Å². The average Bonchev–Trinajstić information content (AvgIpc) is 2.69. The van der Waals surface area contributed by atoms with Crippen LogP contribution in [-0.4, -0.2) is 17.5 Å². The molecule has 1 fully saturated rings. The van der Waals surface area contributed by atoms with E-state index in [2.05, 4.69) is 22.7 Å². The van der Waals surface area contributed by atoms with E-state index >= 15 is 0 Å². The number of nitrogens with one attached hydrogen (secondary N) is 2. The van der Waals surface area contributed by atoms with Gasteiger partial charge in [-0.25, -0.2) is 5.48 Å². The molecule has 3 rings (SSSR count). The fourth-order valence-electron chi connectivity index (χ4n) is 3.31. The fourth-order valence-corrected chi connectivity index (χ4v) is 3.31. The molecule has 0 spiro atoms. The summed E-state index contributed by atoms with van der Waals surface area (Å²) in [6.45, 7) is 3.52. The van der Waals surface area contributed by atoms with Crippen molar-refractivity contribution in [2.75, 3.05) is 11.9 Å². The summed E-state index contributed by atoms with van der Waals surface area (Å²) in [5.74, 6) is 1.15. The number of pyridine rings is 1. The molecule has 2 N–H and O–H groups in total. The van der Waals surface area contributed by atoms with E-state index in [1.165, 1.54) is 25.7 Å².